The molecule has 4 heteroatoms. The lowest BCUT2D eigenvalue weighted by Gasteiger charge is -2.06. The van der Waals surface area contributed by atoms with Crippen molar-refractivity contribution in [3.05, 3.63) is 35.3 Å². The van der Waals surface area contributed by atoms with Crippen molar-refractivity contribution in [2.75, 3.05) is 13.1 Å². The van der Waals surface area contributed by atoms with E-state index in [-0.39, 0.29) is 12.4 Å². The zero-order valence-corrected chi connectivity index (χ0v) is 11.6. The molecule has 1 aliphatic heterocycles. The molecule has 0 radical (unpaired) electrons. The number of thiophene rings is 1. The molecule has 18 heavy (non-hydrogen) atoms. The van der Waals surface area contributed by atoms with Gasteiger partial charge in [-0.2, -0.15) is 0 Å². The molecule has 0 bridgehead atoms. The number of pyridine rings is 1. The molecule has 2 nitrogen and oxygen atoms in total. The fraction of sp³-hybridized carbons (Fsp3) is 0.357. The van der Waals surface area contributed by atoms with Crippen LogP contribution in [0.3, 0.4) is 0 Å². The second-order valence-corrected chi connectivity index (χ2v) is 5.91. The molecular weight excluding hydrogens is 264 g/mol. The number of hydrogen-bond acceptors (Lipinski definition) is 3. The zero-order valence-electron chi connectivity index (χ0n) is 9.93. The van der Waals surface area contributed by atoms with Crippen LogP contribution in [-0.4, -0.2) is 18.1 Å². The first-order valence-electron chi connectivity index (χ1n) is 6.15. The van der Waals surface area contributed by atoms with Crippen LogP contribution in [0.4, 0.5) is 0 Å². The number of nitrogens with one attached hydrogen (secondary N) is 1. The second kappa shape index (κ2) is 4.65. The van der Waals surface area contributed by atoms with Crippen molar-refractivity contribution in [1.82, 2.24) is 10.3 Å². The first-order chi connectivity index (χ1) is 8.40. The summed E-state index contributed by atoms with van der Waals surface area (Å²) < 4.78 is 0. The van der Waals surface area contributed by atoms with E-state index in [4.69, 9.17) is 0 Å². The Bertz CT molecular complexity index is 605. The highest BCUT2D eigenvalue weighted by atomic mass is 35.5. The maximum Gasteiger partial charge on any atom is 0.123 e. The third-order valence-corrected chi connectivity index (χ3v) is 4.80. The van der Waals surface area contributed by atoms with Gasteiger partial charge in [-0.3, -0.25) is 0 Å². The molecule has 1 saturated heterocycles. The first kappa shape index (κ1) is 12.2. The van der Waals surface area contributed by atoms with Crippen molar-refractivity contribution < 1.29 is 0 Å². The van der Waals surface area contributed by atoms with Crippen LogP contribution in [-0.2, 0) is 0 Å². The topological polar surface area (TPSA) is 24.9 Å². The second-order valence-electron chi connectivity index (χ2n) is 5.02. The van der Waals surface area contributed by atoms with E-state index in [0.717, 1.165) is 23.2 Å². The smallest absolute Gasteiger partial charge is 0.123 e. The highest BCUT2D eigenvalue weighted by Gasteiger charge is 2.31. The third-order valence-electron chi connectivity index (χ3n) is 3.97. The average molecular weight is 279 g/mol. The summed E-state index contributed by atoms with van der Waals surface area (Å²) in [4.78, 5) is 5.69. The minimum absolute atomic E-state index is 0. The summed E-state index contributed by atoms with van der Waals surface area (Å²) in [7, 11) is 0. The molecule has 94 valence electrons. The maximum atomic E-state index is 4.54. The van der Waals surface area contributed by atoms with Gasteiger partial charge in [0, 0.05) is 18.1 Å². The van der Waals surface area contributed by atoms with Crippen molar-refractivity contribution in [2.24, 2.45) is 11.8 Å². The van der Waals surface area contributed by atoms with Gasteiger partial charge >= 0.3 is 0 Å². The van der Waals surface area contributed by atoms with E-state index in [0.29, 0.717) is 0 Å². The van der Waals surface area contributed by atoms with E-state index < -0.39 is 0 Å². The first-order valence-corrected chi connectivity index (χ1v) is 7.03. The van der Waals surface area contributed by atoms with E-state index in [2.05, 4.69) is 33.9 Å². The van der Waals surface area contributed by atoms with Crippen LogP contribution in [0, 0.1) is 11.8 Å². The predicted molar refractivity (Wildman–Crippen MR) is 79.3 cm³/mol. The number of nitrogens with zero attached hydrogens (tertiary/aromatic N) is 1. The number of fused-ring (bicyclic) bond motifs is 2. The molecular formula is C14H15ClN2S. The number of aromatic nitrogens is 1. The predicted octanol–water partition coefficient (Wildman–Crippen LogP) is 3.34. The highest BCUT2D eigenvalue weighted by Crippen LogP contribution is 2.38. The summed E-state index contributed by atoms with van der Waals surface area (Å²) in [5, 5.41) is 6.86. The van der Waals surface area contributed by atoms with Gasteiger partial charge in [0.15, 0.2) is 0 Å². The van der Waals surface area contributed by atoms with Crippen molar-refractivity contribution >= 4 is 39.5 Å². The molecule has 1 aliphatic carbocycles. The Balaban J connectivity index is 0.000001000. The summed E-state index contributed by atoms with van der Waals surface area (Å²) in [5.41, 5.74) is 2.83. The average Bonchev–Trinajstić information content (AvgIpc) is 3.02. The van der Waals surface area contributed by atoms with Crippen molar-refractivity contribution in [3.63, 3.8) is 0 Å². The molecule has 1 fully saturated rings. The van der Waals surface area contributed by atoms with Gasteiger partial charge in [0.25, 0.3) is 0 Å². The van der Waals surface area contributed by atoms with E-state index in [1.807, 2.05) is 6.20 Å². The normalized spacial score (nSPS) is 25.9. The molecule has 2 aliphatic rings. The lowest BCUT2D eigenvalue weighted by atomic mass is 9.99. The van der Waals surface area contributed by atoms with Gasteiger partial charge in [0.1, 0.15) is 4.83 Å². The van der Waals surface area contributed by atoms with Gasteiger partial charge in [-0.25, -0.2) is 4.98 Å². The molecule has 2 atom stereocenters. The number of allylic oxidation sites excluding steroid dienone is 1. The minimum Gasteiger partial charge on any atom is -0.316 e. The molecule has 0 unspecified atom stereocenters. The van der Waals surface area contributed by atoms with Crippen LogP contribution in [0.25, 0.3) is 15.8 Å². The van der Waals surface area contributed by atoms with E-state index >= 15 is 0 Å². The largest absolute Gasteiger partial charge is 0.316 e. The summed E-state index contributed by atoms with van der Waals surface area (Å²) in [5.74, 6) is 1.58. The summed E-state index contributed by atoms with van der Waals surface area (Å²) in [6.07, 6.45) is 5.72. The molecule has 3 heterocycles. The summed E-state index contributed by atoms with van der Waals surface area (Å²) in [6.45, 7) is 2.33. The Kier molecular flexibility index (Phi) is 3.14. The molecule has 0 amide bonds. The lowest BCUT2D eigenvalue weighted by Crippen LogP contribution is -2.09. The SMILES string of the molecule is C1=C(c2cnc3sccc3c2)C[C@H]2CNC[C@@H]12.Cl. The van der Waals surface area contributed by atoms with Gasteiger partial charge in [0.2, 0.25) is 0 Å². The summed E-state index contributed by atoms with van der Waals surface area (Å²) in [6, 6.07) is 4.45. The van der Waals surface area contributed by atoms with Gasteiger partial charge in [0.05, 0.1) is 0 Å². The molecule has 4 rings (SSSR count). The van der Waals surface area contributed by atoms with Gasteiger partial charge in [-0.15, -0.1) is 23.7 Å². The van der Waals surface area contributed by atoms with E-state index in [1.54, 1.807) is 11.3 Å². The van der Waals surface area contributed by atoms with Crippen LogP contribution < -0.4 is 5.32 Å². The molecule has 1 N–H and O–H groups in total. The number of hydrogen-bond donors (Lipinski definition) is 1. The van der Waals surface area contributed by atoms with Crippen LogP contribution in [0.1, 0.15) is 12.0 Å². The Morgan fingerprint density at radius 1 is 1.33 bits per heavy atom. The number of rotatable bonds is 1. The number of halogens is 1. The zero-order chi connectivity index (χ0) is 11.2. The Labute approximate surface area is 117 Å². The van der Waals surface area contributed by atoms with Gasteiger partial charge in [-0.05, 0) is 53.5 Å². The van der Waals surface area contributed by atoms with Crippen LogP contribution in [0.5, 0.6) is 0 Å². The standard InChI is InChI=1S/C14H14N2S.ClH/c1-2-17-14-9(1)3-13(8-16-14)10-4-11-6-15-7-12(11)5-10;/h1-4,8,11-12,15H,5-7H2;1H/t11-,12+;/m1./s1. The van der Waals surface area contributed by atoms with Gasteiger partial charge in [-0.1, -0.05) is 6.08 Å². The quantitative estimate of drug-likeness (QED) is 0.865. The molecule has 0 spiro atoms. The molecule has 2 aromatic rings. The Morgan fingerprint density at radius 2 is 2.28 bits per heavy atom. The van der Waals surface area contributed by atoms with E-state index in [1.165, 1.54) is 29.5 Å². The molecule has 0 saturated carbocycles. The molecule has 0 aromatic carbocycles. The fourth-order valence-corrected chi connectivity index (χ4v) is 3.75. The Morgan fingerprint density at radius 3 is 3.17 bits per heavy atom. The van der Waals surface area contributed by atoms with Crippen molar-refractivity contribution in [1.29, 1.82) is 0 Å². The fourth-order valence-electron chi connectivity index (χ4n) is 3.03. The third kappa shape index (κ3) is 1.87. The lowest BCUT2D eigenvalue weighted by molar-refractivity contribution is 0.536. The van der Waals surface area contributed by atoms with E-state index in [9.17, 15) is 0 Å². The minimum atomic E-state index is 0. The molecule has 2 aromatic heterocycles. The van der Waals surface area contributed by atoms with Crippen LogP contribution in [0.2, 0.25) is 0 Å². The van der Waals surface area contributed by atoms with Crippen molar-refractivity contribution in [2.45, 2.75) is 6.42 Å². The highest BCUT2D eigenvalue weighted by molar-refractivity contribution is 7.16. The van der Waals surface area contributed by atoms with Gasteiger partial charge < -0.3 is 5.32 Å². The summed E-state index contributed by atoms with van der Waals surface area (Å²) >= 11 is 1.71. The Hall–Kier alpha value is -0.900. The van der Waals surface area contributed by atoms with Crippen LogP contribution >= 0.6 is 23.7 Å². The van der Waals surface area contributed by atoms with Crippen LogP contribution in [0.15, 0.2) is 29.8 Å². The van der Waals surface area contributed by atoms with Crippen molar-refractivity contribution in [3.8, 4) is 0 Å². The monoisotopic (exact) mass is 278 g/mol. The maximum absolute atomic E-state index is 4.54.